The average molecular weight is 371 g/mol. The van der Waals surface area contributed by atoms with E-state index in [1.807, 2.05) is 23.6 Å². The Bertz CT molecular complexity index is 655. The van der Waals surface area contributed by atoms with Crippen molar-refractivity contribution in [2.45, 2.75) is 0 Å². The first kappa shape index (κ1) is 11.7. The lowest BCUT2D eigenvalue weighted by Crippen LogP contribution is -2.03. The van der Waals surface area contributed by atoms with Crippen LogP contribution in [0.4, 0.5) is 0 Å². The molecule has 0 aromatic carbocycles. The number of carbonyl (C=O) groups is 1. The van der Waals surface area contributed by atoms with Crippen molar-refractivity contribution in [3.63, 3.8) is 0 Å². The summed E-state index contributed by atoms with van der Waals surface area (Å²) in [7, 11) is 0. The number of furan rings is 1. The van der Waals surface area contributed by atoms with Crippen molar-refractivity contribution in [1.82, 2.24) is 0 Å². The minimum atomic E-state index is -0.454. The van der Waals surface area contributed by atoms with Crippen molar-refractivity contribution >= 4 is 51.9 Å². The van der Waals surface area contributed by atoms with Crippen molar-refractivity contribution in [1.29, 1.82) is 0 Å². The molecule has 4 nitrogen and oxygen atoms in total. The van der Waals surface area contributed by atoms with E-state index in [0.29, 0.717) is 11.7 Å². The van der Waals surface area contributed by atoms with Gasteiger partial charge in [-0.15, -0.1) is 11.3 Å². The number of rotatable bonds is 2. The number of carbonyl (C=O) groups excluding carboxylic acids is 1. The topological polar surface area (TPSA) is 51.8 Å². The molecule has 2 aromatic rings. The van der Waals surface area contributed by atoms with Gasteiger partial charge in [0.15, 0.2) is 9.46 Å². The maximum Gasteiger partial charge on any atom is 0.363 e. The highest BCUT2D eigenvalue weighted by atomic mass is 127. The molecule has 0 spiro atoms. The molecular weight excluding hydrogens is 365 g/mol. The summed E-state index contributed by atoms with van der Waals surface area (Å²) in [5, 5.41) is 1.91. The summed E-state index contributed by atoms with van der Waals surface area (Å²) in [6.07, 6.45) is 1.57. The van der Waals surface area contributed by atoms with Gasteiger partial charge in [0.05, 0.1) is 4.88 Å². The zero-order chi connectivity index (χ0) is 12.5. The molecule has 0 fully saturated rings. The van der Waals surface area contributed by atoms with Crippen molar-refractivity contribution < 1.29 is 13.9 Å². The van der Waals surface area contributed by atoms with Gasteiger partial charge in [0.2, 0.25) is 5.90 Å². The summed E-state index contributed by atoms with van der Waals surface area (Å²) in [4.78, 5) is 16.7. The molecule has 3 rings (SSSR count). The molecule has 0 amide bonds. The maximum absolute atomic E-state index is 11.6. The van der Waals surface area contributed by atoms with E-state index >= 15 is 0 Å². The third-order valence-corrected chi connectivity index (χ3v) is 3.66. The molecule has 2 aromatic heterocycles. The zero-order valence-electron chi connectivity index (χ0n) is 8.92. The van der Waals surface area contributed by atoms with Gasteiger partial charge >= 0.3 is 5.97 Å². The van der Waals surface area contributed by atoms with Crippen LogP contribution >= 0.6 is 33.9 Å². The molecule has 0 radical (unpaired) electrons. The second-order valence-electron chi connectivity index (χ2n) is 3.46. The number of esters is 1. The van der Waals surface area contributed by atoms with E-state index in [-0.39, 0.29) is 5.70 Å². The van der Waals surface area contributed by atoms with Crippen LogP contribution < -0.4 is 0 Å². The largest absolute Gasteiger partial charge is 0.451 e. The van der Waals surface area contributed by atoms with Crippen molar-refractivity contribution in [3.8, 4) is 0 Å². The second kappa shape index (κ2) is 4.69. The first-order valence-corrected chi connectivity index (χ1v) is 7.00. The highest BCUT2D eigenvalue weighted by molar-refractivity contribution is 14.1. The molecule has 0 unspecified atom stereocenters. The van der Waals surface area contributed by atoms with Crippen LogP contribution in [0.3, 0.4) is 0 Å². The molecule has 0 atom stereocenters. The summed E-state index contributed by atoms with van der Waals surface area (Å²) in [5.41, 5.74) is 0.254. The molecule has 90 valence electrons. The predicted molar refractivity (Wildman–Crippen MR) is 76.4 cm³/mol. The van der Waals surface area contributed by atoms with Crippen molar-refractivity contribution in [3.05, 3.63) is 49.7 Å². The molecule has 0 bridgehead atoms. The minimum Gasteiger partial charge on any atom is -0.451 e. The molecule has 0 saturated carbocycles. The van der Waals surface area contributed by atoms with Gasteiger partial charge in [0.25, 0.3) is 0 Å². The number of hydrogen-bond donors (Lipinski definition) is 0. The Hall–Kier alpha value is -1.41. The van der Waals surface area contributed by atoms with Gasteiger partial charge in [0.1, 0.15) is 5.76 Å². The van der Waals surface area contributed by atoms with Gasteiger partial charge in [-0.3, -0.25) is 0 Å². The van der Waals surface area contributed by atoms with Gasteiger partial charge in [-0.25, -0.2) is 9.79 Å². The number of cyclic esters (lactones) is 1. The highest BCUT2D eigenvalue weighted by Crippen LogP contribution is 2.22. The highest BCUT2D eigenvalue weighted by Gasteiger charge is 2.24. The summed E-state index contributed by atoms with van der Waals surface area (Å²) in [5.74, 6) is 0.481. The number of halogens is 1. The Morgan fingerprint density at radius 1 is 1.33 bits per heavy atom. The van der Waals surface area contributed by atoms with Gasteiger partial charge in [-0.2, -0.15) is 0 Å². The van der Waals surface area contributed by atoms with Crippen LogP contribution in [0.1, 0.15) is 10.6 Å². The van der Waals surface area contributed by atoms with Crippen LogP contribution in [0.5, 0.6) is 0 Å². The Balaban J connectivity index is 1.94. The molecular formula is C12H6INO3S. The van der Waals surface area contributed by atoms with E-state index in [1.165, 1.54) is 11.3 Å². The van der Waals surface area contributed by atoms with E-state index in [4.69, 9.17) is 9.15 Å². The monoisotopic (exact) mass is 371 g/mol. The lowest BCUT2D eigenvalue weighted by molar-refractivity contribution is -0.129. The summed E-state index contributed by atoms with van der Waals surface area (Å²) in [6, 6.07) is 7.33. The average Bonchev–Trinajstić information content (AvgIpc) is 3.02. The summed E-state index contributed by atoms with van der Waals surface area (Å²) >= 11 is 3.53. The number of thiophene rings is 1. The Labute approximate surface area is 120 Å². The van der Waals surface area contributed by atoms with E-state index in [9.17, 15) is 4.79 Å². The fourth-order valence-electron chi connectivity index (χ4n) is 1.46. The first-order chi connectivity index (χ1) is 8.72. The quantitative estimate of drug-likeness (QED) is 0.463. The fourth-order valence-corrected chi connectivity index (χ4v) is 2.54. The standard InChI is InChI=1S/C12H6INO3S/c13-10-4-3-7(16-10)6-8-12(15)17-11(14-8)9-2-1-5-18-9/h1-6H. The van der Waals surface area contributed by atoms with E-state index in [2.05, 4.69) is 27.6 Å². The van der Waals surface area contributed by atoms with Crippen molar-refractivity contribution in [2.24, 2.45) is 4.99 Å². The molecule has 0 saturated heterocycles. The molecule has 3 heterocycles. The van der Waals surface area contributed by atoms with Crippen LogP contribution in [-0.2, 0) is 9.53 Å². The number of ether oxygens (including phenoxy) is 1. The van der Waals surface area contributed by atoms with Gasteiger partial charge < -0.3 is 9.15 Å². The molecule has 6 heteroatoms. The van der Waals surface area contributed by atoms with Gasteiger partial charge in [0, 0.05) is 6.08 Å². The Morgan fingerprint density at radius 2 is 2.22 bits per heavy atom. The Kier molecular flexibility index (Phi) is 3.04. The smallest absolute Gasteiger partial charge is 0.363 e. The van der Waals surface area contributed by atoms with Gasteiger partial charge in [-0.05, 0) is 46.2 Å². The van der Waals surface area contributed by atoms with Crippen LogP contribution in [0.2, 0.25) is 0 Å². The van der Waals surface area contributed by atoms with Crippen molar-refractivity contribution in [2.75, 3.05) is 0 Å². The van der Waals surface area contributed by atoms with E-state index < -0.39 is 5.97 Å². The molecule has 0 aliphatic carbocycles. The van der Waals surface area contributed by atoms with Gasteiger partial charge in [-0.1, -0.05) is 6.07 Å². The second-order valence-corrected chi connectivity index (χ2v) is 5.47. The maximum atomic E-state index is 11.6. The summed E-state index contributed by atoms with van der Waals surface area (Å²) in [6.45, 7) is 0. The number of nitrogens with zero attached hydrogens (tertiary/aromatic N) is 1. The van der Waals surface area contributed by atoms with Crippen LogP contribution in [0.25, 0.3) is 6.08 Å². The number of aliphatic imine (C=N–C) groups is 1. The third-order valence-electron chi connectivity index (χ3n) is 2.23. The molecule has 0 N–H and O–H groups in total. The lowest BCUT2D eigenvalue weighted by atomic mass is 10.3. The fraction of sp³-hybridized carbons (Fsp3) is 0. The van der Waals surface area contributed by atoms with Crippen LogP contribution in [0.15, 0.2) is 44.8 Å². The van der Waals surface area contributed by atoms with E-state index in [1.54, 1.807) is 12.1 Å². The van der Waals surface area contributed by atoms with Crippen LogP contribution in [-0.4, -0.2) is 11.9 Å². The van der Waals surface area contributed by atoms with E-state index in [0.717, 1.165) is 8.64 Å². The predicted octanol–water partition coefficient (Wildman–Crippen LogP) is 3.29. The molecule has 1 aliphatic heterocycles. The SMILES string of the molecule is O=C1OC(c2cccs2)=NC1=Cc1ccc(I)o1. The molecule has 1 aliphatic rings. The van der Waals surface area contributed by atoms with Crippen LogP contribution in [0, 0.1) is 3.77 Å². The molecule has 18 heavy (non-hydrogen) atoms. The number of hydrogen-bond acceptors (Lipinski definition) is 5. The normalized spacial score (nSPS) is 17.1. The third kappa shape index (κ3) is 2.25. The minimum absolute atomic E-state index is 0.254. The Morgan fingerprint density at radius 3 is 2.89 bits per heavy atom. The summed E-state index contributed by atoms with van der Waals surface area (Å²) < 4.78 is 11.2. The first-order valence-electron chi connectivity index (χ1n) is 5.04. The zero-order valence-corrected chi connectivity index (χ0v) is 11.9. The lowest BCUT2D eigenvalue weighted by Gasteiger charge is -1.92.